The molecule has 0 saturated carbocycles. The molecule has 1 aromatic heterocycles. The van der Waals surface area contributed by atoms with Crippen LogP contribution in [0.3, 0.4) is 0 Å². The lowest BCUT2D eigenvalue weighted by Gasteiger charge is -2.07. The van der Waals surface area contributed by atoms with Gasteiger partial charge in [0, 0.05) is 18.0 Å². The molecule has 0 bridgehead atoms. The molecule has 0 spiro atoms. The van der Waals surface area contributed by atoms with E-state index in [9.17, 15) is 4.79 Å². The predicted molar refractivity (Wildman–Crippen MR) is 87.2 cm³/mol. The zero-order valence-corrected chi connectivity index (χ0v) is 13.0. The molecule has 4 heteroatoms. The van der Waals surface area contributed by atoms with Gasteiger partial charge in [-0.2, -0.15) is 0 Å². The summed E-state index contributed by atoms with van der Waals surface area (Å²) in [5.74, 6) is 0.0310. The molecule has 0 aliphatic heterocycles. The molecular formula is C18H23NO3. The van der Waals surface area contributed by atoms with Crippen LogP contribution in [0.1, 0.15) is 38.2 Å². The molecule has 0 aliphatic rings. The van der Waals surface area contributed by atoms with Gasteiger partial charge in [0.05, 0.1) is 13.0 Å². The monoisotopic (exact) mass is 301 g/mol. The summed E-state index contributed by atoms with van der Waals surface area (Å²) >= 11 is 0. The zero-order valence-electron chi connectivity index (χ0n) is 13.0. The van der Waals surface area contributed by atoms with Crippen LogP contribution >= 0.6 is 0 Å². The van der Waals surface area contributed by atoms with Gasteiger partial charge in [-0.25, -0.2) is 0 Å². The minimum atomic E-state index is -0.826. The molecule has 4 nitrogen and oxygen atoms in total. The largest absolute Gasteiger partial charge is 0.494 e. The van der Waals surface area contributed by atoms with Crippen LogP contribution in [0, 0.1) is 0 Å². The summed E-state index contributed by atoms with van der Waals surface area (Å²) in [6.45, 7) is 2.94. The van der Waals surface area contributed by atoms with Gasteiger partial charge in [-0.3, -0.25) is 4.79 Å². The van der Waals surface area contributed by atoms with Crippen molar-refractivity contribution in [2.45, 2.75) is 39.0 Å². The van der Waals surface area contributed by atoms with Gasteiger partial charge in [0.25, 0.3) is 0 Å². The molecule has 2 rings (SSSR count). The molecular weight excluding hydrogens is 278 g/mol. The second-order valence-corrected chi connectivity index (χ2v) is 5.40. The number of aromatic amines is 1. The first kappa shape index (κ1) is 16.1. The molecule has 0 amide bonds. The van der Waals surface area contributed by atoms with Crippen LogP contribution in [-0.2, 0) is 11.2 Å². The maximum Gasteiger partial charge on any atom is 0.307 e. The van der Waals surface area contributed by atoms with E-state index in [1.54, 1.807) is 6.20 Å². The Labute approximate surface area is 131 Å². The normalized spacial score (nSPS) is 10.6. The number of hydrogen-bond donors (Lipinski definition) is 2. The molecule has 0 fully saturated rings. The summed E-state index contributed by atoms with van der Waals surface area (Å²) in [5, 5.41) is 8.93. The van der Waals surface area contributed by atoms with E-state index in [1.807, 2.05) is 30.5 Å². The summed E-state index contributed by atoms with van der Waals surface area (Å²) in [7, 11) is 0. The SMILES string of the molecule is CCCCCCOc1ccc(-c2c[nH]cc2CC(=O)O)cc1. The highest BCUT2D eigenvalue weighted by Crippen LogP contribution is 2.26. The van der Waals surface area contributed by atoms with E-state index in [-0.39, 0.29) is 6.42 Å². The maximum absolute atomic E-state index is 10.9. The van der Waals surface area contributed by atoms with Crippen molar-refractivity contribution in [1.29, 1.82) is 0 Å². The van der Waals surface area contributed by atoms with Crippen molar-refractivity contribution in [1.82, 2.24) is 4.98 Å². The molecule has 118 valence electrons. The number of carboxylic acid groups (broad SMARTS) is 1. The lowest BCUT2D eigenvalue weighted by atomic mass is 10.0. The van der Waals surface area contributed by atoms with E-state index in [1.165, 1.54) is 19.3 Å². The lowest BCUT2D eigenvalue weighted by Crippen LogP contribution is -2.00. The third-order valence-electron chi connectivity index (χ3n) is 3.60. The smallest absolute Gasteiger partial charge is 0.307 e. The highest BCUT2D eigenvalue weighted by molar-refractivity contribution is 5.76. The molecule has 0 aliphatic carbocycles. The third kappa shape index (κ3) is 4.65. The van der Waals surface area contributed by atoms with Crippen molar-refractivity contribution < 1.29 is 14.6 Å². The van der Waals surface area contributed by atoms with Crippen LogP contribution in [0.4, 0.5) is 0 Å². The molecule has 2 aromatic rings. The van der Waals surface area contributed by atoms with Gasteiger partial charge >= 0.3 is 5.97 Å². The minimum absolute atomic E-state index is 0.0223. The number of nitrogens with one attached hydrogen (secondary N) is 1. The topological polar surface area (TPSA) is 62.3 Å². The Morgan fingerprint density at radius 3 is 2.59 bits per heavy atom. The number of benzene rings is 1. The molecule has 22 heavy (non-hydrogen) atoms. The first-order valence-corrected chi connectivity index (χ1v) is 7.81. The van der Waals surface area contributed by atoms with Crippen molar-refractivity contribution in [2.24, 2.45) is 0 Å². The van der Waals surface area contributed by atoms with Gasteiger partial charge in [0.15, 0.2) is 0 Å². The first-order valence-electron chi connectivity index (χ1n) is 7.81. The predicted octanol–water partition coefficient (Wildman–Crippen LogP) is 4.27. The van der Waals surface area contributed by atoms with Crippen molar-refractivity contribution in [3.63, 3.8) is 0 Å². The van der Waals surface area contributed by atoms with Crippen LogP contribution in [0.15, 0.2) is 36.7 Å². The number of rotatable bonds is 9. The molecule has 1 heterocycles. The quantitative estimate of drug-likeness (QED) is 0.680. The number of hydrogen-bond acceptors (Lipinski definition) is 2. The van der Waals surface area contributed by atoms with Crippen LogP contribution in [-0.4, -0.2) is 22.7 Å². The van der Waals surface area contributed by atoms with E-state index in [0.717, 1.165) is 35.5 Å². The molecule has 1 aromatic carbocycles. The van der Waals surface area contributed by atoms with E-state index >= 15 is 0 Å². The van der Waals surface area contributed by atoms with Gasteiger partial charge in [-0.1, -0.05) is 38.3 Å². The highest BCUT2D eigenvalue weighted by atomic mass is 16.5. The number of carboxylic acids is 1. The second-order valence-electron chi connectivity index (χ2n) is 5.40. The zero-order chi connectivity index (χ0) is 15.8. The molecule has 0 atom stereocenters. The van der Waals surface area contributed by atoms with E-state index < -0.39 is 5.97 Å². The minimum Gasteiger partial charge on any atom is -0.494 e. The third-order valence-corrected chi connectivity index (χ3v) is 3.60. The van der Waals surface area contributed by atoms with Gasteiger partial charge in [0.1, 0.15) is 5.75 Å². The fourth-order valence-corrected chi connectivity index (χ4v) is 2.42. The van der Waals surface area contributed by atoms with Crippen molar-refractivity contribution >= 4 is 5.97 Å². The Morgan fingerprint density at radius 1 is 1.14 bits per heavy atom. The Morgan fingerprint density at radius 2 is 1.91 bits per heavy atom. The number of ether oxygens (including phenoxy) is 1. The summed E-state index contributed by atoms with van der Waals surface area (Å²) in [5.41, 5.74) is 2.72. The van der Waals surface area contributed by atoms with Crippen molar-refractivity contribution in [2.75, 3.05) is 6.61 Å². The number of aliphatic carboxylic acids is 1. The lowest BCUT2D eigenvalue weighted by molar-refractivity contribution is -0.136. The van der Waals surface area contributed by atoms with Crippen molar-refractivity contribution in [3.8, 4) is 16.9 Å². The Balaban J connectivity index is 1.94. The first-order chi connectivity index (χ1) is 10.7. The standard InChI is InChI=1S/C18H23NO3/c1-2-3-4-5-10-22-16-8-6-14(7-9-16)17-13-19-12-15(17)11-18(20)21/h6-9,12-13,19H,2-5,10-11H2,1H3,(H,20,21). The van der Waals surface area contributed by atoms with Crippen LogP contribution in [0.25, 0.3) is 11.1 Å². The van der Waals surface area contributed by atoms with Crippen LogP contribution < -0.4 is 4.74 Å². The summed E-state index contributed by atoms with van der Waals surface area (Å²) in [6, 6.07) is 7.81. The highest BCUT2D eigenvalue weighted by Gasteiger charge is 2.09. The molecule has 2 N–H and O–H groups in total. The maximum atomic E-state index is 10.9. The van der Waals surface area contributed by atoms with Gasteiger partial charge in [-0.05, 0) is 29.7 Å². The van der Waals surface area contributed by atoms with E-state index in [0.29, 0.717) is 0 Å². The summed E-state index contributed by atoms with van der Waals surface area (Å²) in [4.78, 5) is 13.8. The number of H-pyrrole nitrogens is 1. The van der Waals surface area contributed by atoms with E-state index in [4.69, 9.17) is 9.84 Å². The molecule has 0 radical (unpaired) electrons. The Bertz CT molecular complexity index is 587. The van der Waals surface area contributed by atoms with Crippen molar-refractivity contribution in [3.05, 3.63) is 42.2 Å². The average Bonchev–Trinajstić information content (AvgIpc) is 2.95. The van der Waals surface area contributed by atoms with Gasteiger partial charge in [-0.15, -0.1) is 0 Å². The molecule has 0 unspecified atom stereocenters. The summed E-state index contributed by atoms with van der Waals surface area (Å²) < 4.78 is 5.72. The Hall–Kier alpha value is -2.23. The van der Waals surface area contributed by atoms with Gasteiger partial charge < -0.3 is 14.8 Å². The fourth-order valence-electron chi connectivity index (χ4n) is 2.42. The average molecular weight is 301 g/mol. The summed E-state index contributed by atoms with van der Waals surface area (Å²) in [6.07, 6.45) is 8.35. The number of carbonyl (C=O) groups is 1. The fraction of sp³-hybridized carbons (Fsp3) is 0.389. The second kappa shape index (κ2) is 8.27. The van der Waals surface area contributed by atoms with Gasteiger partial charge in [0.2, 0.25) is 0 Å². The Kier molecular flexibility index (Phi) is 6.07. The number of aromatic nitrogens is 1. The molecule has 0 saturated heterocycles. The van der Waals surface area contributed by atoms with E-state index in [2.05, 4.69) is 11.9 Å². The van der Waals surface area contributed by atoms with Crippen LogP contribution in [0.5, 0.6) is 5.75 Å². The van der Waals surface area contributed by atoms with Crippen LogP contribution in [0.2, 0.25) is 0 Å². The number of unbranched alkanes of at least 4 members (excludes halogenated alkanes) is 3.